The van der Waals surface area contributed by atoms with Gasteiger partial charge in [0.05, 0.1) is 0 Å². The number of nitrogens with zero attached hydrogens (tertiary/aromatic N) is 3. The molecule has 0 aliphatic carbocycles. The Morgan fingerprint density at radius 1 is 1.33 bits per heavy atom. The highest BCUT2D eigenvalue weighted by molar-refractivity contribution is 5.94. The van der Waals surface area contributed by atoms with Crippen LogP contribution in [0.2, 0.25) is 0 Å². The van der Waals surface area contributed by atoms with Gasteiger partial charge in [0.2, 0.25) is 0 Å². The normalized spacial score (nSPS) is 10.2. The highest BCUT2D eigenvalue weighted by atomic mass is 16.2. The van der Waals surface area contributed by atoms with E-state index in [-0.39, 0.29) is 5.91 Å². The number of aromatic amines is 1. The molecular weight excluding hydrogens is 230 g/mol. The highest BCUT2D eigenvalue weighted by Crippen LogP contribution is 2.14. The smallest absolute Gasteiger partial charge is 0.253 e. The maximum atomic E-state index is 11.8. The minimum atomic E-state index is -0.0568. The summed E-state index contributed by atoms with van der Waals surface area (Å²) >= 11 is 0. The van der Waals surface area contributed by atoms with E-state index in [0.717, 1.165) is 5.69 Å². The van der Waals surface area contributed by atoms with Crippen LogP contribution >= 0.6 is 0 Å². The summed E-state index contributed by atoms with van der Waals surface area (Å²) in [5.74, 6) is 1.21. The molecule has 0 saturated carbocycles. The van der Waals surface area contributed by atoms with Crippen LogP contribution in [0, 0.1) is 6.92 Å². The Bertz CT molecular complexity index is 561. The fraction of sp³-hybridized carbons (Fsp3) is 0.250. The van der Waals surface area contributed by atoms with Crippen molar-refractivity contribution in [3.8, 4) is 0 Å². The molecule has 0 fully saturated rings. The number of carbonyl (C=O) groups is 1. The van der Waals surface area contributed by atoms with Gasteiger partial charge in [-0.15, -0.1) is 0 Å². The molecule has 2 N–H and O–H groups in total. The van der Waals surface area contributed by atoms with E-state index in [1.807, 2.05) is 13.0 Å². The number of nitrogens with one attached hydrogen (secondary N) is 2. The van der Waals surface area contributed by atoms with Crippen molar-refractivity contribution in [3.63, 3.8) is 0 Å². The second-order valence-corrected chi connectivity index (χ2v) is 4.19. The van der Waals surface area contributed by atoms with E-state index in [9.17, 15) is 4.79 Å². The van der Waals surface area contributed by atoms with Gasteiger partial charge in [0.15, 0.2) is 5.82 Å². The molecule has 2 aromatic rings. The van der Waals surface area contributed by atoms with Gasteiger partial charge in [0.1, 0.15) is 5.82 Å². The summed E-state index contributed by atoms with van der Waals surface area (Å²) in [6.07, 6.45) is 1.60. The zero-order valence-electron chi connectivity index (χ0n) is 10.6. The number of H-pyrrole nitrogens is 1. The zero-order chi connectivity index (χ0) is 13.1. The van der Waals surface area contributed by atoms with Crippen LogP contribution in [0.5, 0.6) is 0 Å². The van der Waals surface area contributed by atoms with Gasteiger partial charge >= 0.3 is 0 Å². The summed E-state index contributed by atoms with van der Waals surface area (Å²) in [5.41, 5.74) is 1.54. The van der Waals surface area contributed by atoms with Crippen molar-refractivity contribution in [2.75, 3.05) is 19.4 Å². The van der Waals surface area contributed by atoms with Crippen LogP contribution in [0.1, 0.15) is 16.1 Å². The topological polar surface area (TPSA) is 73.9 Å². The van der Waals surface area contributed by atoms with Crippen molar-refractivity contribution in [1.29, 1.82) is 0 Å². The summed E-state index contributed by atoms with van der Waals surface area (Å²) in [6.45, 7) is 1.91. The lowest BCUT2D eigenvalue weighted by atomic mass is 10.2. The lowest BCUT2D eigenvalue weighted by Gasteiger charge is -2.10. The monoisotopic (exact) mass is 245 g/mol. The lowest BCUT2D eigenvalue weighted by Crippen LogP contribution is -2.21. The highest BCUT2D eigenvalue weighted by Gasteiger charge is 2.09. The number of anilines is 2. The van der Waals surface area contributed by atoms with Gasteiger partial charge < -0.3 is 10.2 Å². The lowest BCUT2D eigenvalue weighted by molar-refractivity contribution is 0.0827. The van der Waals surface area contributed by atoms with Crippen molar-refractivity contribution in [2.45, 2.75) is 6.92 Å². The molecule has 0 atom stereocenters. The van der Waals surface area contributed by atoms with E-state index in [1.165, 1.54) is 4.90 Å². The molecule has 0 spiro atoms. The number of pyridine rings is 1. The number of hydrogen-bond donors (Lipinski definition) is 2. The third-order valence-electron chi connectivity index (χ3n) is 2.38. The molecule has 0 bridgehead atoms. The third kappa shape index (κ3) is 2.65. The third-order valence-corrected chi connectivity index (χ3v) is 2.38. The van der Waals surface area contributed by atoms with E-state index in [0.29, 0.717) is 17.2 Å². The van der Waals surface area contributed by atoms with E-state index < -0.39 is 0 Å². The molecule has 2 aromatic heterocycles. The summed E-state index contributed by atoms with van der Waals surface area (Å²) < 4.78 is 0. The Balaban J connectivity index is 2.19. The van der Waals surface area contributed by atoms with E-state index in [1.54, 1.807) is 32.4 Å². The molecule has 94 valence electrons. The summed E-state index contributed by atoms with van der Waals surface area (Å²) in [7, 11) is 3.43. The van der Waals surface area contributed by atoms with Crippen molar-refractivity contribution < 1.29 is 4.79 Å². The number of carbonyl (C=O) groups excluding carboxylic acids is 1. The molecule has 0 unspecified atom stereocenters. The van der Waals surface area contributed by atoms with Crippen LogP contribution < -0.4 is 5.32 Å². The Kier molecular flexibility index (Phi) is 3.27. The minimum Gasteiger partial charge on any atom is -0.345 e. The van der Waals surface area contributed by atoms with E-state index in [2.05, 4.69) is 20.5 Å². The van der Waals surface area contributed by atoms with Crippen molar-refractivity contribution in [3.05, 3.63) is 35.7 Å². The molecular formula is C12H15N5O. The fourth-order valence-corrected chi connectivity index (χ4v) is 1.50. The quantitative estimate of drug-likeness (QED) is 0.860. The fourth-order valence-electron chi connectivity index (χ4n) is 1.50. The maximum Gasteiger partial charge on any atom is 0.253 e. The molecule has 2 heterocycles. The standard InChI is InChI=1S/C12H15N5O/c1-8-6-11(16-15-8)14-10-7-9(4-5-13-10)12(18)17(2)3/h4-7H,1-3H3,(H2,13,14,15,16). The molecule has 1 amide bonds. The molecule has 2 rings (SSSR count). The number of amides is 1. The average molecular weight is 245 g/mol. The van der Waals surface area contributed by atoms with Crippen molar-refractivity contribution >= 4 is 17.5 Å². The van der Waals surface area contributed by atoms with E-state index in [4.69, 9.17) is 0 Å². The minimum absolute atomic E-state index is 0.0568. The van der Waals surface area contributed by atoms with Crippen molar-refractivity contribution in [1.82, 2.24) is 20.1 Å². The maximum absolute atomic E-state index is 11.8. The van der Waals surface area contributed by atoms with Gasteiger partial charge in [0, 0.05) is 37.6 Å². The molecule has 0 aliphatic heterocycles. The summed E-state index contributed by atoms with van der Waals surface area (Å²) in [5, 5.41) is 9.91. The summed E-state index contributed by atoms with van der Waals surface area (Å²) in [6, 6.07) is 5.25. The molecule has 0 saturated heterocycles. The first kappa shape index (κ1) is 12.1. The first-order chi connectivity index (χ1) is 8.56. The first-order valence-electron chi connectivity index (χ1n) is 5.53. The van der Waals surface area contributed by atoms with Gasteiger partial charge in [-0.05, 0) is 19.1 Å². The number of rotatable bonds is 3. The van der Waals surface area contributed by atoms with E-state index >= 15 is 0 Å². The van der Waals surface area contributed by atoms with Crippen molar-refractivity contribution in [2.24, 2.45) is 0 Å². The Morgan fingerprint density at radius 2 is 2.11 bits per heavy atom. The zero-order valence-corrected chi connectivity index (χ0v) is 10.6. The Hall–Kier alpha value is -2.37. The molecule has 18 heavy (non-hydrogen) atoms. The van der Waals surface area contributed by atoms with Crippen LogP contribution in [0.3, 0.4) is 0 Å². The predicted octanol–water partition coefficient (Wildman–Crippen LogP) is 1.56. The van der Waals surface area contributed by atoms with Crippen LogP contribution in [0.25, 0.3) is 0 Å². The van der Waals surface area contributed by atoms with Gasteiger partial charge in [0.25, 0.3) is 5.91 Å². The van der Waals surface area contributed by atoms with Crippen LogP contribution in [-0.4, -0.2) is 40.1 Å². The van der Waals surface area contributed by atoms with Crippen LogP contribution in [-0.2, 0) is 0 Å². The van der Waals surface area contributed by atoms with Crippen LogP contribution in [0.15, 0.2) is 24.4 Å². The summed E-state index contributed by atoms with van der Waals surface area (Å²) in [4.78, 5) is 17.5. The van der Waals surface area contributed by atoms with Gasteiger partial charge in [-0.2, -0.15) is 5.10 Å². The molecule has 0 aliphatic rings. The SMILES string of the molecule is Cc1cc(Nc2cc(C(=O)N(C)C)ccn2)n[nH]1. The van der Waals surface area contributed by atoms with Crippen LogP contribution in [0.4, 0.5) is 11.6 Å². The second-order valence-electron chi connectivity index (χ2n) is 4.19. The number of aryl methyl sites for hydroxylation is 1. The van der Waals surface area contributed by atoms with Gasteiger partial charge in [-0.1, -0.05) is 0 Å². The Labute approximate surface area is 105 Å². The molecule has 6 nitrogen and oxygen atoms in total. The number of hydrogen-bond acceptors (Lipinski definition) is 4. The molecule has 6 heteroatoms. The largest absolute Gasteiger partial charge is 0.345 e. The predicted molar refractivity (Wildman–Crippen MR) is 68.9 cm³/mol. The second kappa shape index (κ2) is 4.87. The Morgan fingerprint density at radius 3 is 2.72 bits per heavy atom. The molecule has 0 aromatic carbocycles. The first-order valence-corrected chi connectivity index (χ1v) is 5.53. The van der Waals surface area contributed by atoms with Gasteiger partial charge in [-0.3, -0.25) is 9.89 Å². The molecule has 0 radical (unpaired) electrons. The number of aromatic nitrogens is 3. The average Bonchev–Trinajstić information content (AvgIpc) is 2.74. The van der Waals surface area contributed by atoms with Gasteiger partial charge in [-0.25, -0.2) is 4.98 Å².